The van der Waals surface area contributed by atoms with Gasteiger partial charge in [0.2, 0.25) is 5.91 Å². The molecule has 21 heavy (non-hydrogen) atoms. The SMILES string of the molecule is CN(C(=O)C1CCCOC1)c1ccc(OCC(=O)O)cc1. The lowest BCUT2D eigenvalue weighted by molar-refractivity contribution is -0.139. The average molecular weight is 293 g/mol. The predicted molar refractivity (Wildman–Crippen MR) is 76.5 cm³/mol. The molecule has 1 N–H and O–H groups in total. The molecule has 0 aliphatic carbocycles. The maximum absolute atomic E-state index is 12.3. The van der Waals surface area contributed by atoms with Crippen LogP contribution in [-0.4, -0.2) is 43.9 Å². The molecule has 0 saturated carbocycles. The van der Waals surface area contributed by atoms with E-state index in [1.54, 1.807) is 36.2 Å². The van der Waals surface area contributed by atoms with Crippen molar-refractivity contribution in [3.8, 4) is 5.75 Å². The van der Waals surface area contributed by atoms with E-state index in [1.165, 1.54) is 0 Å². The van der Waals surface area contributed by atoms with Gasteiger partial charge in [-0.15, -0.1) is 0 Å². The van der Waals surface area contributed by atoms with Crippen LogP contribution in [0.15, 0.2) is 24.3 Å². The second-order valence-electron chi connectivity index (χ2n) is 4.99. The van der Waals surface area contributed by atoms with Crippen molar-refractivity contribution in [2.75, 3.05) is 31.8 Å². The van der Waals surface area contributed by atoms with Gasteiger partial charge in [0, 0.05) is 19.3 Å². The molecule has 114 valence electrons. The zero-order chi connectivity index (χ0) is 15.2. The Balaban J connectivity index is 1.96. The summed E-state index contributed by atoms with van der Waals surface area (Å²) in [4.78, 5) is 24.4. The first-order chi connectivity index (χ1) is 10.1. The summed E-state index contributed by atoms with van der Waals surface area (Å²) in [7, 11) is 1.73. The highest BCUT2D eigenvalue weighted by Gasteiger charge is 2.25. The molecule has 1 aliphatic heterocycles. The van der Waals surface area contributed by atoms with Gasteiger partial charge in [0.25, 0.3) is 0 Å². The lowest BCUT2D eigenvalue weighted by atomic mass is 10.0. The fourth-order valence-electron chi connectivity index (χ4n) is 2.25. The Bertz CT molecular complexity index is 493. The van der Waals surface area contributed by atoms with E-state index in [-0.39, 0.29) is 18.4 Å². The third-order valence-electron chi connectivity index (χ3n) is 3.43. The van der Waals surface area contributed by atoms with Gasteiger partial charge in [-0.3, -0.25) is 4.79 Å². The van der Waals surface area contributed by atoms with E-state index in [2.05, 4.69) is 0 Å². The van der Waals surface area contributed by atoms with Gasteiger partial charge in [0.05, 0.1) is 12.5 Å². The minimum Gasteiger partial charge on any atom is -0.482 e. The number of anilines is 1. The minimum atomic E-state index is -1.02. The average Bonchev–Trinajstić information content (AvgIpc) is 2.53. The molecule has 1 saturated heterocycles. The molecule has 0 radical (unpaired) electrons. The summed E-state index contributed by atoms with van der Waals surface area (Å²) in [5, 5.41) is 8.54. The predicted octanol–water partition coefficient (Wildman–Crippen LogP) is 1.54. The number of carbonyl (C=O) groups excluding carboxylic acids is 1. The minimum absolute atomic E-state index is 0.0360. The molecule has 1 fully saturated rings. The molecule has 0 aromatic heterocycles. The molecule has 1 amide bonds. The number of carboxylic acid groups (broad SMARTS) is 1. The molecule has 1 aromatic rings. The van der Waals surface area contributed by atoms with Crippen LogP contribution in [0.1, 0.15) is 12.8 Å². The molecule has 1 atom stereocenters. The number of ether oxygens (including phenoxy) is 2. The standard InChI is InChI=1S/C15H19NO5/c1-16(15(19)11-3-2-8-20-9-11)12-4-6-13(7-5-12)21-10-14(17)18/h4-7,11H,2-3,8-10H2,1H3,(H,17,18). The van der Waals surface area contributed by atoms with E-state index in [1.807, 2.05) is 0 Å². The molecule has 0 bridgehead atoms. The first-order valence-corrected chi connectivity index (χ1v) is 6.88. The van der Waals surface area contributed by atoms with Crippen LogP contribution in [0.4, 0.5) is 5.69 Å². The van der Waals surface area contributed by atoms with E-state index in [0.29, 0.717) is 12.4 Å². The van der Waals surface area contributed by atoms with Crippen LogP contribution in [0.5, 0.6) is 5.75 Å². The highest BCUT2D eigenvalue weighted by molar-refractivity contribution is 5.94. The fraction of sp³-hybridized carbons (Fsp3) is 0.467. The molecule has 2 rings (SSSR count). The Morgan fingerprint density at radius 1 is 1.38 bits per heavy atom. The largest absolute Gasteiger partial charge is 0.482 e. The van der Waals surface area contributed by atoms with Crippen LogP contribution in [0.3, 0.4) is 0 Å². The maximum atomic E-state index is 12.3. The molecule has 6 heteroatoms. The van der Waals surface area contributed by atoms with E-state index < -0.39 is 5.97 Å². The van der Waals surface area contributed by atoms with Gasteiger partial charge in [-0.25, -0.2) is 4.79 Å². The lowest BCUT2D eigenvalue weighted by Gasteiger charge is -2.26. The summed E-state index contributed by atoms with van der Waals surface area (Å²) >= 11 is 0. The Morgan fingerprint density at radius 3 is 2.67 bits per heavy atom. The van der Waals surface area contributed by atoms with Gasteiger partial charge >= 0.3 is 5.97 Å². The smallest absolute Gasteiger partial charge is 0.341 e. The topological polar surface area (TPSA) is 76.1 Å². The number of nitrogens with zero attached hydrogens (tertiary/aromatic N) is 1. The van der Waals surface area contributed by atoms with E-state index >= 15 is 0 Å². The number of carboxylic acids is 1. The van der Waals surface area contributed by atoms with E-state index in [0.717, 1.165) is 25.1 Å². The van der Waals surface area contributed by atoms with Crippen molar-refractivity contribution in [3.05, 3.63) is 24.3 Å². The van der Waals surface area contributed by atoms with E-state index in [9.17, 15) is 9.59 Å². The zero-order valence-corrected chi connectivity index (χ0v) is 11.9. The Kier molecular flexibility index (Phi) is 5.16. The lowest BCUT2D eigenvalue weighted by Crippen LogP contribution is -2.37. The zero-order valence-electron chi connectivity index (χ0n) is 11.9. The molecule has 1 unspecified atom stereocenters. The normalized spacial score (nSPS) is 18.0. The van der Waals surface area contributed by atoms with Crippen LogP contribution < -0.4 is 9.64 Å². The molecule has 1 aliphatic rings. The monoisotopic (exact) mass is 293 g/mol. The molecular weight excluding hydrogens is 274 g/mol. The summed E-state index contributed by atoms with van der Waals surface area (Å²) in [5.74, 6) is -0.618. The second-order valence-corrected chi connectivity index (χ2v) is 4.99. The van der Waals surface area contributed by atoms with E-state index in [4.69, 9.17) is 14.6 Å². The summed E-state index contributed by atoms with van der Waals surface area (Å²) in [6.45, 7) is 0.819. The van der Waals surface area contributed by atoms with Gasteiger partial charge in [0.1, 0.15) is 5.75 Å². The summed E-state index contributed by atoms with van der Waals surface area (Å²) in [5.41, 5.74) is 0.744. The van der Waals surface area contributed by atoms with Gasteiger partial charge in [-0.2, -0.15) is 0 Å². The molecule has 1 aromatic carbocycles. The summed E-state index contributed by atoms with van der Waals surface area (Å²) < 4.78 is 10.4. The second kappa shape index (κ2) is 7.08. The third-order valence-corrected chi connectivity index (χ3v) is 3.43. The van der Waals surface area contributed by atoms with Crippen LogP contribution in [0, 0.1) is 5.92 Å². The van der Waals surface area contributed by atoms with Crippen molar-refractivity contribution in [2.45, 2.75) is 12.8 Å². The number of aliphatic carboxylic acids is 1. The number of carbonyl (C=O) groups is 2. The molecule has 6 nitrogen and oxygen atoms in total. The fourth-order valence-corrected chi connectivity index (χ4v) is 2.25. The van der Waals surface area contributed by atoms with Crippen LogP contribution in [0.2, 0.25) is 0 Å². The number of hydrogen-bond donors (Lipinski definition) is 1. The Morgan fingerprint density at radius 2 is 2.10 bits per heavy atom. The molecule has 1 heterocycles. The molecule has 0 spiro atoms. The van der Waals surface area contributed by atoms with Crippen LogP contribution >= 0.6 is 0 Å². The first-order valence-electron chi connectivity index (χ1n) is 6.88. The van der Waals surface area contributed by atoms with Crippen molar-refractivity contribution in [3.63, 3.8) is 0 Å². The van der Waals surface area contributed by atoms with Crippen molar-refractivity contribution < 1.29 is 24.2 Å². The number of hydrogen-bond acceptors (Lipinski definition) is 4. The highest BCUT2D eigenvalue weighted by atomic mass is 16.5. The van der Waals surface area contributed by atoms with Crippen molar-refractivity contribution in [1.82, 2.24) is 0 Å². The Labute approximate surface area is 123 Å². The quantitative estimate of drug-likeness (QED) is 0.891. The van der Waals surface area contributed by atoms with Gasteiger partial charge in [-0.1, -0.05) is 0 Å². The van der Waals surface area contributed by atoms with Crippen molar-refractivity contribution in [1.29, 1.82) is 0 Å². The molecular formula is C15H19NO5. The summed E-state index contributed by atoms with van der Waals surface area (Å²) in [6, 6.07) is 6.77. The van der Waals surface area contributed by atoms with Crippen LogP contribution in [0.25, 0.3) is 0 Å². The number of benzene rings is 1. The Hall–Kier alpha value is -2.08. The van der Waals surface area contributed by atoms with Gasteiger partial charge in [0.15, 0.2) is 6.61 Å². The maximum Gasteiger partial charge on any atom is 0.341 e. The number of amides is 1. The third kappa shape index (κ3) is 4.19. The van der Waals surface area contributed by atoms with Crippen molar-refractivity contribution in [2.24, 2.45) is 5.92 Å². The van der Waals surface area contributed by atoms with Crippen molar-refractivity contribution >= 4 is 17.6 Å². The van der Waals surface area contributed by atoms with Gasteiger partial charge < -0.3 is 19.5 Å². The van der Waals surface area contributed by atoms with Gasteiger partial charge in [-0.05, 0) is 37.1 Å². The highest BCUT2D eigenvalue weighted by Crippen LogP contribution is 2.22. The van der Waals surface area contributed by atoms with Crippen LogP contribution in [-0.2, 0) is 14.3 Å². The summed E-state index contributed by atoms with van der Waals surface area (Å²) in [6.07, 6.45) is 1.76. The number of rotatable bonds is 5. The first kappa shape index (κ1) is 15.3.